The number of likely N-dealkylation sites (tertiary alicyclic amines) is 1. The van der Waals surface area contributed by atoms with Crippen LogP contribution in [0.2, 0.25) is 0 Å². The van der Waals surface area contributed by atoms with Gasteiger partial charge in [0.25, 0.3) is 5.91 Å². The number of aryl methyl sites for hydroxylation is 2. The van der Waals surface area contributed by atoms with Crippen molar-refractivity contribution in [3.8, 4) is 0 Å². The molecule has 0 saturated carbocycles. The molecule has 0 bridgehead atoms. The van der Waals surface area contributed by atoms with Crippen molar-refractivity contribution in [1.82, 2.24) is 10.2 Å². The highest BCUT2D eigenvalue weighted by molar-refractivity contribution is 5.93. The van der Waals surface area contributed by atoms with Crippen LogP contribution in [0.3, 0.4) is 0 Å². The summed E-state index contributed by atoms with van der Waals surface area (Å²) in [6, 6.07) is 8.75. The van der Waals surface area contributed by atoms with Gasteiger partial charge in [0.05, 0.1) is 17.7 Å². The SMILES string of the molecule is Cc1cc(C)c2oc(C(=O)NCC(c3ccco3)N3CCCC3)cc(=O)c2c1. The highest BCUT2D eigenvalue weighted by atomic mass is 16.3. The Labute approximate surface area is 163 Å². The van der Waals surface area contributed by atoms with Gasteiger partial charge in [-0.1, -0.05) is 6.07 Å². The van der Waals surface area contributed by atoms with Gasteiger partial charge in [-0.15, -0.1) is 0 Å². The molecule has 0 spiro atoms. The molecule has 1 N–H and O–H groups in total. The topological polar surface area (TPSA) is 75.7 Å². The van der Waals surface area contributed by atoms with E-state index in [2.05, 4.69) is 10.2 Å². The van der Waals surface area contributed by atoms with Crippen molar-refractivity contribution in [2.75, 3.05) is 19.6 Å². The van der Waals surface area contributed by atoms with Crippen LogP contribution in [0.1, 0.15) is 46.3 Å². The second kappa shape index (κ2) is 7.64. The number of carbonyl (C=O) groups excluding carboxylic acids is 1. The van der Waals surface area contributed by atoms with E-state index in [9.17, 15) is 9.59 Å². The number of hydrogen-bond acceptors (Lipinski definition) is 5. The number of carbonyl (C=O) groups is 1. The van der Waals surface area contributed by atoms with Gasteiger partial charge in [-0.3, -0.25) is 14.5 Å². The highest BCUT2D eigenvalue weighted by Crippen LogP contribution is 2.25. The number of nitrogens with one attached hydrogen (secondary N) is 1. The van der Waals surface area contributed by atoms with Crippen molar-refractivity contribution >= 4 is 16.9 Å². The zero-order valence-electron chi connectivity index (χ0n) is 16.2. The van der Waals surface area contributed by atoms with Crippen LogP contribution >= 0.6 is 0 Å². The first-order valence-corrected chi connectivity index (χ1v) is 9.63. The molecule has 0 aliphatic carbocycles. The van der Waals surface area contributed by atoms with Crippen LogP contribution in [0, 0.1) is 13.8 Å². The average Bonchev–Trinajstić information content (AvgIpc) is 3.37. The first kappa shape index (κ1) is 18.5. The molecule has 4 rings (SSSR count). The summed E-state index contributed by atoms with van der Waals surface area (Å²) >= 11 is 0. The number of furan rings is 1. The molecule has 0 radical (unpaired) electrons. The van der Waals surface area contributed by atoms with Gasteiger partial charge in [-0.25, -0.2) is 0 Å². The van der Waals surface area contributed by atoms with E-state index >= 15 is 0 Å². The summed E-state index contributed by atoms with van der Waals surface area (Å²) < 4.78 is 11.4. The summed E-state index contributed by atoms with van der Waals surface area (Å²) in [5, 5.41) is 3.41. The van der Waals surface area contributed by atoms with Gasteiger partial charge >= 0.3 is 0 Å². The van der Waals surface area contributed by atoms with Crippen LogP contribution in [0.25, 0.3) is 11.0 Å². The molecule has 1 aliphatic heterocycles. The van der Waals surface area contributed by atoms with Gasteiger partial charge < -0.3 is 14.2 Å². The minimum Gasteiger partial charge on any atom is -0.468 e. The fourth-order valence-electron chi connectivity index (χ4n) is 3.94. The van der Waals surface area contributed by atoms with Crippen LogP contribution < -0.4 is 10.7 Å². The normalized spacial score (nSPS) is 15.8. The van der Waals surface area contributed by atoms with Crippen molar-refractivity contribution in [2.24, 2.45) is 0 Å². The van der Waals surface area contributed by atoms with E-state index in [1.165, 1.54) is 6.07 Å². The Kier molecular flexibility index (Phi) is 5.05. The van der Waals surface area contributed by atoms with Crippen molar-refractivity contribution in [1.29, 1.82) is 0 Å². The van der Waals surface area contributed by atoms with Crippen LogP contribution in [-0.2, 0) is 0 Å². The van der Waals surface area contributed by atoms with Gasteiger partial charge in [0.1, 0.15) is 11.3 Å². The van der Waals surface area contributed by atoms with Crippen LogP contribution in [0.15, 0.2) is 50.2 Å². The molecular weight excluding hydrogens is 356 g/mol. The van der Waals surface area contributed by atoms with E-state index in [-0.39, 0.29) is 17.2 Å². The molecule has 146 valence electrons. The lowest BCUT2D eigenvalue weighted by atomic mass is 10.1. The smallest absolute Gasteiger partial charge is 0.287 e. The molecule has 28 heavy (non-hydrogen) atoms. The van der Waals surface area contributed by atoms with Crippen LogP contribution in [0.5, 0.6) is 0 Å². The second-order valence-electron chi connectivity index (χ2n) is 7.42. The molecule has 1 aliphatic rings. The second-order valence-corrected chi connectivity index (χ2v) is 7.42. The summed E-state index contributed by atoms with van der Waals surface area (Å²) in [4.78, 5) is 27.5. The number of benzene rings is 1. The molecule has 1 saturated heterocycles. The summed E-state index contributed by atoms with van der Waals surface area (Å²) in [6.45, 7) is 6.15. The lowest BCUT2D eigenvalue weighted by molar-refractivity contribution is 0.0906. The average molecular weight is 380 g/mol. The Hall–Kier alpha value is -2.86. The monoisotopic (exact) mass is 380 g/mol. The summed E-state index contributed by atoms with van der Waals surface area (Å²) in [5.41, 5.74) is 2.08. The van der Waals surface area contributed by atoms with Crippen molar-refractivity contribution in [2.45, 2.75) is 32.7 Å². The Morgan fingerprint density at radius 1 is 1.21 bits per heavy atom. The standard InChI is InChI=1S/C22H24N2O4/c1-14-10-15(2)21-16(11-14)18(25)12-20(28-21)22(26)23-13-17(19-6-5-9-27-19)24-7-3-4-8-24/h5-6,9-12,17H,3-4,7-8,13H2,1-2H3,(H,23,26). The minimum atomic E-state index is -0.394. The zero-order chi connectivity index (χ0) is 19.7. The Morgan fingerprint density at radius 2 is 2.00 bits per heavy atom. The summed E-state index contributed by atoms with van der Waals surface area (Å²) in [6.07, 6.45) is 3.93. The Bertz CT molecular complexity index is 1050. The predicted octanol–water partition coefficient (Wildman–Crippen LogP) is 3.57. The van der Waals surface area contributed by atoms with E-state index in [0.717, 1.165) is 42.8 Å². The third-order valence-corrected chi connectivity index (χ3v) is 5.29. The highest BCUT2D eigenvalue weighted by Gasteiger charge is 2.26. The first-order valence-electron chi connectivity index (χ1n) is 9.63. The number of fused-ring (bicyclic) bond motifs is 1. The van der Waals surface area contributed by atoms with Gasteiger partial charge in [-0.2, -0.15) is 0 Å². The third kappa shape index (κ3) is 3.60. The minimum absolute atomic E-state index is 0.0296. The van der Waals surface area contributed by atoms with E-state index < -0.39 is 5.91 Å². The van der Waals surface area contributed by atoms with Crippen LogP contribution in [0.4, 0.5) is 0 Å². The molecule has 1 atom stereocenters. The molecule has 1 aromatic carbocycles. The maximum absolute atomic E-state index is 12.7. The molecule has 2 aromatic heterocycles. The van der Waals surface area contributed by atoms with Crippen molar-refractivity contribution < 1.29 is 13.6 Å². The molecule has 1 fully saturated rings. The van der Waals surface area contributed by atoms with Crippen molar-refractivity contribution in [3.05, 3.63) is 69.5 Å². The lowest BCUT2D eigenvalue weighted by Crippen LogP contribution is -2.36. The summed E-state index contributed by atoms with van der Waals surface area (Å²) in [7, 11) is 0. The fourth-order valence-corrected chi connectivity index (χ4v) is 3.94. The lowest BCUT2D eigenvalue weighted by Gasteiger charge is -2.25. The van der Waals surface area contributed by atoms with E-state index in [1.807, 2.05) is 32.0 Å². The number of hydrogen-bond donors (Lipinski definition) is 1. The quantitative estimate of drug-likeness (QED) is 0.732. The molecule has 6 nitrogen and oxygen atoms in total. The molecular formula is C22H24N2O4. The third-order valence-electron chi connectivity index (χ3n) is 5.29. The maximum Gasteiger partial charge on any atom is 0.287 e. The molecule has 1 unspecified atom stereocenters. The Balaban J connectivity index is 1.57. The molecule has 6 heteroatoms. The first-order chi connectivity index (χ1) is 13.5. The molecule has 1 amide bonds. The molecule has 3 aromatic rings. The van der Waals surface area contributed by atoms with Crippen LogP contribution in [-0.4, -0.2) is 30.4 Å². The van der Waals surface area contributed by atoms with Crippen molar-refractivity contribution in [3.63, 3.8) is 0 Å². The van der Waals surface area contributed by atoms with E-state index in [1.54, 1.807) is 12.3 Å². The van der Waals surface area contributed by atoms with Gasteiger partial charge in [0.2, 0.25) is 0 Å². The number of amides is 1. The number of rotatable bonds is 5. The zero-order valence-corrected chi connectivity index (χ0v) is 16.2. The van der Waals surface area contributed by atoms with E-state index in [4.69, 9.17) is 8.83 Å². The van der Waals surface area contributed by atoms with Gasteiger partial charge in [-0.05, 0) is 69.1 Å². The largest absolute Gasteiger partial charge is 0.468 e. The van der Waals surface area contributed by atoms with Gasteiger partial charge in [0, 0.05) is 12.6 Å². The molecule has 3 heterocycles. The van der Waals surface area contributed by atoms with Gasteiger partial charge in [0.15, 0.2) is 11.2 Å². The van der Waals surface area contributed by atoms with E-state index in [0.29, 0.717) is 17.5 Å². The summed E-state index contributed by atoms with van der Waals surface area (Å²) in [5.74, 6) is 0.465. The Morgan fingerprint density at radius 3 is 2.71 bits per heavy atom. The number of nitrogens with zero attached hydrogens (tertiary/aromatic N) is 1. The predicted molar refractivity (Wildman–Crippen MR) is 107 cm³/mol. The fraction of sp³-hybridized carbons (Fsp3) is 0.364. The maximum atomic E-state index is 12.7.